The number of nitrogens with one attached hydrogen (secondary N) is 1. The van der Waals surface area contributed by atoms with Crippen LogP contribution in [0.2, 0.25) is 0 Å². The normalized spacial score (nSPS) is 21.8. The van der Waals surface area contributed by atoms with Crippen molar-refractivity contribution < 1.29 is 27.9 Å². The smallest absolute Gasteiger partial charge is 0.242 e. The molecule has 1 aromatic carbocycles. The summed E-state index contributed by atoms with van der Waals surface area (Å²) in [5.41, 5.74) is 0. The molecule has 2 N–H and O–H groups in total. The van der Waals surface area contributed by atoms with Crippen LogP contribution in [-0.4, -0.2) is 92.8 Å². The Kier molecular flexibility index (Phi) is 12.5. The van der Waals surface area contributed by atoms with E-state index in [-0.39, 0.29) is 35.1 Å². The summed E-state index contributed by atoms with van der Waals surface area (Å²) >= 11 is 0. The van der Waals surface area contributed by atoms with Crippen LogP contribution in [0.1, 0.15) is 58.8 Å². The summed E-state index contributed by atoms with van der Waals surface area (Å²) in [4.78, 5) is 24.7. The van der Waals surface area contributed by atoms with Gasteiger partial charge in [-0.05, 0) is 83.3 Å². The molecule has 0 amide bonds. The Morgan fingerprint density at radius 3 is 2.31 bits per heavy atom. The quantitative estimate of drug-likeness (QED) is 0.478. The molecule has 0 aromatic heterocycles. The number of β-amino-alcohol motifs (C(OH)–C–C–N with tert-alkyl or cyclic N) is 1. The first-order chi connectivity index (χ1) is 17.1. The van der Waals surface area contributed by atoms with E-state index in [4.69, 9.17) is 4.74 Å². The molecule has 3 rings (SSSR count). The SMILES string of the molecule is CC(=O)C1CCCCN1.COc1ccc(S(=O)(=O)N(C)CCC(O)CN2CCCCC2C(C)=O)cc1. The Labute approximate surface area is 216 Å². The number of carbonyl (C=O) groups is 2. The van der Waals surface area contributed by atoms with Crippen molar-refractivity contribution in [1.29, 1.82) is 0 Å². The van der Waals surface area contributed by atoms with Gasteiger partial charge in [0.2, 0.25) is 10.0 Å². The average Bonchev–Trinajstić information content (AvgIpc) is 2.88. The van der Waals surface area contributed by atoms with Crippen LogP contribution in [0.4, 0.5) is 0 Å². The Bertz CT molecular complexity index is 932. The van der Waals surface area contributed by atoms with E-state index in [1.807, 2.05) is 4.90 Å². The molecule has 204 valence electrons. The molecule has 2 saturated heterocycles. The molecule has 0 aliphatic carbocycles. The number of hydrogen-bond acceptors (Lipinski definition) is 8. The van der Waals surface area contributed by atoms with E-state index < -0.39 is 16.1 Å². The van der Waals surface area contributed by atoms with Crippen LogP contribution in [0.5, 0.6) is 5.75 Å². The van der Waals surface area contributed by atoms with Crippen molar-refractivity contribution in [3.63, 3.8) is 0 Å². The molecule has 2 aliphatic heterocycles. The van der Waals surface area contributed by atoms with E-state index in [2.05, 4.69) is 5.32 Å². The van der Waals surface area contributed by atoms with Gasteiger partial charge in [0.15, 0.2) is 0 Å². The van der Waals surface area contributed by atoms with E-state index in [0.717, 1.165) is 38.8 Å². The number of ether oxygens (including phenoxy) is 1. The fraction of sp³-hybridized carbons (Fsp3) is 0.692. The zero-order valence-corrected chi connectivity index (χ0v) is 22.9. The van der Waals surface area contributed by atoms with Gasteiger partial charge in [0.05, 0.1) is 30.2 Å². The number of methoxy groups -OCH3 is 1. The highest BCUT2D eigenvalue weighted by Gasteiger charge is 2.28. The van der Waals surface area contributed by atoms with Gasteiger partial charge in [-0.25, -0.2) is 12.7 Å². The third-order valence-electron chi connectivity index (χ3n) is 6.87. The first-order valence-electron chi connectivity index (χ1n) is 12.8. The number of aliphatic hydroxyl groups is 1. The van der Waals surface area contributed by atoms with Crippen molar-refractivity contribution in [2.24, 2.45) is 0 Å². The van der Waals surface area contributed by atoms with Crippen LogP contribution in [0.3, 0.4) is 0 Å². The van der Waals surface area contributed by atoms with Crippen molar-refractivity contribution in [3.05, 3.63) is 24.3 Å². The maximum Gasteiger partial charge on any atom is 0.242 e. The molecule has 2 heterocycles. The minimum Gasteiger partial charge on any atom is -0.497 e. The summed E-state index contributed by atoms with van der Waals surface area (Å²) in [6, 6.07) is 6.26. The molecule has 2 aliphatic rings. The van der Waals surface area contributed by atoms with E-state index in [1.54, 1.807) is 26.0 Å². The van der Waals surface area contributed by atoms with Gasteiger partial charge in [-0.3, -0.25) is 14.5 Å². The van der Waals surface area contributed by atoms with E-state index in [1.165, 1.54) is 43.4 Å². The van der Waals surface area contributed by atoms with Gasteiger partial charge in [0, 0.05) is 20.1 Å². The van der Waals surface area contributed by atoms with Crippen molar-refractivity contribution in [3.8, 4) is 5.75 Å². The molecule has 2 fully saturated rings. The van der Waals surface area contributed by atoms with E-state index >= 15 is 0 Å². The largest absolute Gasteiger partial charge is 0.497 e. The van der Waals surface area contributed by atoms with Gasteiger partial charge >= 0.3 is 0 Å². The molecule has 1 aromatic rings. The van der Waals surface area contributed by atoms with E-state index in [0.29, 0.717) is 18.7 Å². The Morgan fingerprint density at radius 2 is 1.78 bits per heavy atom. The van der Waals surface area contributed by atoms with Crippen molar-refractivity contribution in [2.75, 3.05) is 40.3 Å². The lowest BCUT2D eigenvalue weighted by atomic mass is 9.98. The summed E-state index contributed by atoms with van der Waals surface area (Å²) in [6.07, 6.45) is 5.97. The van der Waals surface area contributed by atoms with Crippen molar-refractivity contribution in [1.82, 2.24) is 14.5 Å². The van der Waals surface area contributed by atoms with Gasteiger partial charge in [-0.1, -0.05) is 12.8 Å². The fourth-order valence-electron chi connectivity index (χ4n) is 4.61. The highest BCUT2D eigenvalue weighted by Crippen LogP contribution is 2.20. The zero-order chi connectivity index (χ0) is 26.7. The third-order valence-corrected chi connectivity index (χ3v) is 8.75. The highest BCUT2D eigenvalue weighted by molar-refractivity contribution is 7.89. The van der Waals surface area contributed by atoms with Gasteiger partial charge in [-0.2, -0.15) is 0 Å². The van der Waals surface area contributed by atoms with Crippen LogP contribution in [0, 0.1) is 0 Å². The van der Waals surface area contributed by atoms with Crippen molar-refractivity contribution >= 4 is 21.6 Å². The minimum atomic E-state index is -3.62. The van der Waals surface area contributed by atoms with Gasteiger partial charge in [-0.15, -0.1) is 0 Å². The van der Waals surface area contributed by atoms with Gasteiger partial charge < -0.3 is 15.2 Å². The third kappa shape index (κ3) is 9.23. The second kappa shape index (κ2) is 14.8. The molecule has 36 heavy (non-hydrogen) atoms. The average molecular weight is 526 g/mol. The monoisotopic (exact) mass is 525 g/mol. The number of likely N-dealkylation sites (tertiary alicyclic amines) is 1. The maximum atomic E-state index is 12.6. The molecule has 9 nitrogen and oxygen atoms in total. The summed E-state index contributed by atoms with van der Waals surface area (Å²) in [6.45, 7) is 5.65. The number of nitrogens with zero attached hydrogens (tertiary/aromatic N) is 2. The summed E-state index contributed by atoms with van der Waals surface area (Å²) < 4.78 is 31.5. The Morgan fingerprint density at radius 1 is 1.11 bits per heavy atom. The molecular weight excluding hydrogens is 482 g/mol. The van der Waals surface area contributed by atoms with Crippen LogP contribution >= 0.6 is 0 Å². The number of carbonyl (C=O) groups excluding carboxylic acids is 2. The number of Topliss-reactive ketones (excluding diaryl/α,β-unsaturated/α-hetero) is 2. The maximum absolute atomic E-state index is 12.6. The lowest BCUT2D eigenvalue weighted by Gasteiger charge is -2.35. The van der Waals surface area contributed by atoms with Crippen molar-refractivity contribution in [2.45, 2.75) is 81.9 Å². The molecule has 10 heteroatoms. The molecule has 0 radical (unpaired) electrons. The lowest BCUT2D eigenvalue weighted by molar-refractivity contribution is -0.124. The van der Waals surface area contributed by atoms with Crippen LogP contribution in [0.25, 0.3) is 0 Å². The number of benzene rings is 1. The zero-order valence-electron chi connectivity index (χ0n) is 22.1. The molecular formula is C26H43N3O6S. The number of sulfonamides is 1. The topological polar surface area (TPSA) is 116 Å². The second-order valence-electron chi connectivity index (χ2n) is 9.67. The number of rotatable bonds is 10. The summed E-state index contributed by atoms with van der Waals surface area (Å²) in [5, 5.41) is 13.5. The summed E-state index contributed by atoms with van der Waals surface area (Å²) in [5.74, 6) is 1.00. The Balaban J connectivity index is 0.000000425. The first kappa shape index (κ1) is 30.4. The Hall–Kier alpha value is -1.85. The highest BCUT2D eigenvalue weighted by atomic mass is 32.2. The van der Waals surface area contributed by atoms with Crippen LogP contribution in [0.15, 0.2) is 29.2 Å². The van der Waals surface area contributed by atoms with Crippen LogP contribution in [-0.2, 0) is 19.6 Å². The number of aliphatic hydroxyl groups excluding tert-OH is 1. The first-order valence-corrected chi connectivity index (χ1v) is 14.3. The van der Waals surface area contributed by atoms with Crippen LogP contribution < -0.4 is 10.1 Å². The standard InChI is InChI=1S/C19H30N2O5S.C7H13NO/c1-15(22)19-6-4-5-12-21(19)14-16(23)11-13-20(2)27(24,25)18-9-7-17(26-3)8-10-18;1-6(9)7-4-2-3-5-8-7/h7-10,16,19,23H,4-6,11-14H2,1-3H3;7-8H,2-5H2,1H3. The molecule has 3 atom stereocenters. The molecule has 0 spiro atoms. The molecule has 0 saturated carbocycles. The lowest BCUT2D eigenvalue weighted by Crippen LogP contribution is -2.47. The summed E-state index contributed by atoms with van der Waals surface area (Å²) in [7, 11) is -0.589. The van der Waals surface area contributed by atoms with Gasteiger partial charge in [0.25, 0.3) is 0 Å². The number of piperidine rings is 2. The second-order valence-corrected chi connectivity index (χ2v) is 11.7. The predicted octanol–water partition coefficient (Wildman–Crippen LogP) is 2.23. The van der Waals surface area contributed by atoms with E-state index in [9.17, 15) is 23.1 Å². The number of hydrogen-bond donors (Lipinski definition) is 2. The molecule has 0 bridgehead atoms. The predicted molar refractivity (Wildman–Crippen MR) is 140 cm³/mol. The molecule has 3 unspecified atom stereocenters. The minimum absolute atomic E-state index is 0.126. The van der Waals surface area contributed by atoms with Gasteiger partial charge in [0.1, 0.15) is 17.3 Å². The fourth-order valence-corrected chi connectivity index (χ4v) is 5.80. The number of ketones is 2.